The van der Waals surface area contributed by atoms with Gasteiger partial charge in [0.25, 0.3) is 0 Å². The molecule has 0 aromatic carbocycles. The Morgan fingerprint density at radius 2 is 2.32 bits per heavy atom. The highest BCUT2D eigenvalue weighted by atomic mass is 16.6. The largest absolute Gasteiger partial charge is 0.357 e. The van der Waals surface area contributed by atoms with Gasteiger partial charge < -0.3 is 5.32 Å². The molecule has 0 atom stereocenters. The van der Waals surface area contributed by atoms with Crippen molar-refractivity contribution in [3.8, 4) is 0 Å². The number of nitro groups is 1. The molecule has 0 saturated carbocycles. The van der Waals surface area contributed by atoms with Crippen molar-refractivity contribution in [3.63, 3.8) is 0 Å². The molecule has 0 unspecified atom stereocenters. The zero-order valence-electron chi connectivity index (χ0n) is 10.8. The van der Waals surface area contributed by atoms with Crippen LogP contribution < -0.4 is 5.32 Å². The highest BCUT2D eigenvalue weighted by Crippen LogP contribution is 2.22. The number of nitrogens with one attached hydrogen (secondary N) is 1. The van der Waals surface area contributed by atoms with Crippen LogP contribution in [0.3, 0.4) is 0 Å². The van der Waals surface area contributed by atoms with Crippen LogP contribution in [0.25, 0.3) is 0 Å². The molecule has 100 valence electrons. The molecule has 2 aromatic rings. The van der Waals surface area contributed by atoms with Crippen LogP contribution in [0.15, 0.2) is 24.5 Å². The van der Waals surface area contributed by atoms with Crippen molar-refractivity contribution in [3.05, 3.63) is 45.9 Å². The third kappa shape index (κ3) is 2.87. The number of rotatable bonds is 5. The molecule has 7 nitrogen and oxygen atoms in total. The van der Waals surface area contributed by atoms with E-state index in [9.17, 15) is 10.1 Å². The third-order valence-electron chi connectivity index (χ3n) is 2.79. The fraction of sp³-hybridized carbons (Fsp3) is 0.333. The van der Waals surface area contributed by atoms with Crippen LogP contribution in [0.1, 0.15) is 18.2 Å². The van der Waals surface area contributed by atoms with Gasteiger partial charge in [-0.1, -0.05) is 13.0 Å². The lowest BCUT2D eigenvalue weighted by atomic mass is 10.1. The standard InChI is InChI=1S/C12H15N5O2/c1-3-9-5-4-6-13-10(9)7-14-12-11(17(18)19)8-16(2)15-12/h4-6,8H,3,7H2,1-2H3,(H,14,15). The third-order valence-corrected chi connectivity index (χ3v) is 2.79. The molecule has 2 heterocycles. The summed E-state index contributed by atoms with van der Waals surface area (Å²) in [7, 11) is 1.65. The first-order valence-electron chi connectivity index (χ1n) is 5.96. The van der Waals surface area contributed by atoms with Gasteiger partial charge in [-0.15, -0.1) is 5.10 Å². The summed E-state index contributed by atoms with van der Waals surface area (Å²) in [5.74, 6) is 0.264. The van der Waals surface area contributed by atoms with Crippen LogP contribution in [-0.4, -0.2) is 19.7 Å². The van der Waals surface area contributed by atoms with E-state index in [-0.39, 0.29) is 11.5 Å². The molecule has 0 amide bonds. The molecule has 2 rings (SSSR count). The maximum Gasteiger partial charge on any atom is 0.330 e. The lowest BCUT2D eigenvalue weighted by molar-refractivity contribution is -0.384. The van der Waals surface area contributed by atoms with Crippen molar-refractivity contribution in [1.82, 2.24) is 14.8 Å². The SMILES string of the molecule is CCc1cccnc1CNc1nn(C)cc1[N+](=O)[O-]. The number of aryl methyl sites for hydroxylation is 2. The molecule has 19 heavy (non-hydrogen) atoms. The predicted molar refractivity (Wildman–Crippen MR) is 70.8 cm³/mol. The van der Waals surface area contributed by atoms with Crippen LogP contribution in [-0.2, 0) is 20.0 Å². The van der Waals surface area contributed by atoms with Crippen molar-refractivity contribution >= 4 is 11.5 Å². The van der Waals surface area contributed by atoms with Crippen molar-refractivity contribution < 1.29 is 4.92 Å². The van der Waals surface area contributed by atoms with Gasteiger partial charge in [0, 0.05) is 13.2 Å². The Bertz CT molecular complexity index is 594. The maximum absolute atomic E-state index is 10.9. The zero-order chi connectivity index (χ0) is 13.8. The average molecular weight is 261 g/mol. The monoisotopic (exact) mass is 261 g/mol. The number of pyridine rings is 1. The van der Waals surface area contributed by atoms with E-state index in [4.69, 9.17) is 0 Å². The summed E-state index contributed by atoms with van der Waals surface area (Å²) in [5.41, 5.74) is 1.97. The van der Waals surface area contributed by atoms with Gasteiger partial charge in [0.1, 0.15) is 6.20 Å². The van der Waals surface area contributed by atoms with Gasteiger partial charge in [-0.25, -0.2) is 0 Å². The van der Waals surface area contributed by atoms with E-state index in [0.717, 1.165) is 17.7 Å². The highest BCUT2D eigenvalue weighted by Gasteiger charge is 2.18. The normalized spacial score (nSPS) is 10.4. The van der Waals surface area contributed by atoms with Crippen LogP contribution in [0, 0.1) is 10.1 Å². The van der Waals surface area contributed by atoms with Crippen molar-refractivity contribution in [2.75, 3.05) is 5.32 Å². The first-order chi connectivity index (χ1) is 9.11. The minimum Gasteiger partial charge on any atom is -0.357 e. The number of aromatic nitrogens is 3. The van der Waals surface area contributed by atoms with Gasteiger partial charge in [0.2, 0.25) is 5.82 Å². The molecular formula is C12H15N5O2. The maximum atomic E-state index is 10.9. The van der Waals surface area contributed by atoms with E-state index < -0.39 is 4.92 Å². The number of hydrogen-bond acceptors (Lipinski definition) is 5. The summed E-state index contributed by atoms with van der Waals surface area (Å²) in [6.45, 7) is 2.46. The van der Waals surface area contributed by atoms with Gasteiger partial charge in [0.15, 0.2) is 0 Å². The van der Waals surface area contributed by atoms with E-state index >= 15 is 0 Å². The summed E-state index contributed by atoms with van der Waals surface area (Å²) in [5, 5.41) is 17.9. The smallest absolute Gasteiger partial charge is 0.330 e. The Kier molecular flexibility index (Phi) is 3.74. The molecule has 0 spiro atoms. The van der Waals surface area contributed by atoms with Crippen LogP contribution in [0.2, 0.25) is 0 Å². The van der Waals surface area contributed by atoms with Gasteiger partial charge in [-0.3, -0.25) is 19.8 Å². The van der Waals surface area contributed by atoms with Gasteiger partial charge in [-0.2, -0.15) is 0 Å². The van der Waals surface area contributed by atoms with Gasteiger partial charge >= 0.3 is 5.69 Å². The second-order valence-electron chi connectivity index (χ2n) is 4.11. The van der Waals surface area contributed by atoms with E-state index in [0.29, 0.717) is 6.54 Å². The zero-order valence-corrected chi connectivity index (χ0v) is 10.8. The molecule has 2 aromatic heterocycles. The van der Waals surface area contributed by atoms with E-state index in [1.54, 1.807) is 13.2 Å². The molecule has 0 radical (unpaired) electrons. The Balaban J connectivity index is 2.16. The second-order valence-corrected chi connectivity index (χ2v) is 4.11. The Labute approximate surface area is 110 Å². The van der Waals surface area contributed by atoms with Gasteiger partial charge in [-0.05, 0) is 18.1 Å². The molecule has 0 aliphatic carbocycles. The van der Waals surface area contributed by atoms with Crippen LogP contribution in [0.5, 0.6) is 0 Å². The van der Waals surface area contributed by atoms with Crippen molar-refractivity contribution in [2.24, 2.45) is 7.05 Å². The molecule has 7 heteroatoms. The highest BCUT2D eigenvalue weighted by molar-refractivity contribution is 5.54. The molecule has 0 aliphatic heterocycles. The molecule has 0 aliphatic rings. The average Bonchev–Trinajstić information content (AvgIpc) is 2.78. The number of anilines is 1. The fourth-order valence-electron chi connectivity index (χ4n) is 1.86. The minimum absolute atomic E-state index is 0.0310. The number of nitrogens with zero attached hydrogens (tertiary/aromatic N) is 4. The van der Waals surface area contributed by atoms with Crippen LogP contribution >= 0.6 is 0 Å². The molecular weight excluding hydrogens is 246 g/mol. The summed E-state index contributed by atoms with van der Waals surface area (Å²) in [4.78, 5) is 14.7. The van der Waals surface area contributed by atoms with Crippen molar-refractivity contribution in [2.45, 2.75) is 19.9 Å². The van der Waals surface area contributed by atoms with E-state index in [1.165, 1.54) is 10.9 Å². The Hall–Kier alpha value is -2.44. The lowest BCUT2D eigenvalue weighted by Crippen LogP contribution is -2.06. The number of hydrogen-bond donors (Lipinski definition) is 1. The summed E-state index contributed by atoms with van der Waals surface area (Å²) in [6.07, 6.45) is 3.96. The van der Waals surface area contributed by atoms with Crippen molar-refractivity contribution in [1.29, 1.82) is 0 Å². The van der Waals surface area contributed by atoms with Gasteiger partial charge in [0.05, 0.1) is 17.2 Å². The fourth-order valence-corrected chi connectivity index (χ4v) is 1.86. The molecule has 0 saturated heterocycles. The van der Waals surface area contributed by atoms with Crippen LogP contribution in [0.4, 0.5) is 11.5 Å². The first kappa shape index (κ1) is 13.0. The lowest BCUT2D eigenvalue weighted by Gasteiger charge is -2.06. The molecule has 0 fully saturated rings. The topological polar surface area (TPSA) is 85.9 Å². The quantitative estimate of drug-likeness (QED) is 0.656. The molecule has 0 bridgehead atoms. The Morgan fingerprint density at radius 3 is 3.00 bits per heavy atom. The molecule has 1 N–H and O–H groups in total. The first-order valence-corrected chi connectivity index (χ1v) is 5.96. The van der Waals surface area contributed by atoms with E-state index in [1.807, 2.05) is 19.1 Å². The van der Waals surface area contributed by atoms with E-state index in [2.05, 4.69) is 15.4 Å². The second kappa shape index (κ2) is 5.47. The summed E-state index contributed by atoms with van der Waals surface area (Å²) >= 11 is 0. The predicted octanol–water partition coefficient (Wildman–Crippen LogP) is 1.90. The summed E-state index contributed by atoms with van der Waals surface area (Å²) < 4.78 is 1.42. The summed E-state index contributed by atoms with van der Waals surface area (Å²) in [6, 6.07) is 3.88. The minimum atomic E-state index is -0.450. The Morgan fingerprint density at radius 1 is 1.53 bits per heavy atom.